The summed E-state index contributed by atoms with van der Waals surface area (Å²) >= 11 is 0. The van der Waals surface area contributed by atoms with Crippen LogP contribution in [0.15, 0.2) is 0 Å². The minimum atomic E-state index is -1.08. The monoisotopic (exact) mass is 356 g/mol. The Bertz CT molecular complexity index is 169. The first-order valence-corrected chi connectivity index (χ1v) is 3.63. The summed E-state index contributed by atoms with van der Waals surface area (Å²) in [5.74, 6) is -4.33. The van der Waals surface area contributed by atoms with Crippen LogP contribution in [0.5, 0.6) is 0 Å². The van der Waals surface area contributed by atoms with Crippen molar-refractivity contribution in [3.05, 3.63) is 0 Å². The largest absolute Gasteiger partial charge is 2.00 e. The Kier molecular flexibility index (Phi) is 186. The van der Waals surface area contributed by atoms with Crippen molar-refractivity contribution in [2.45, 2.75) is 27.7 Å². The molecule has 0 radical (unpaired) electrons. The van der Waals surface area contributed by atoms with Gasteiger partial charge in [0.2, 0.25) is 0 Å². The molecule has 14 heteroatoms. The first-order chi connectivity index (χ1) is 6.93. The van der Waals surface area contributed by atoms with Crippen molar-refractivity contribution in [1.82, 2.24) is 0 Å². The van der Waals surface area contributed by atoms with Crippen molar-refractivity contribution >= 4 is 70.0 Å². The molecule has 0 saturated heterocycles. The summed E-state index contributed by atoms with van der Waals surface area (Å²) in [4.78, 5) is 35.6. The van der Waals surface area contributed by atoms with Gasteiger partial charge in [0.15, 0.2) is 0 Å². The molecule has 0 spiro atoms. The Labute approximate surface area is 159 Å². The topological polar surface area (TPSA) is 287 Å². The number of carbonyl (C=O) groups excluding carboxylic acids is 4. The van der Waals surface area contributed by atoms with E-state index in [2.05, 4.69) is 0 Å². The standard InChI is InChI=1S/4C2H4O2.2Mg.4H2O/c4*1-2(3)4;;;;;;/h4*1H3,(H,3,4);;;4*1H2/q;;;;2*+2;;;;/p-4. The molecule has 0 fully saturated rings. The van der Waals surface area contributed by atoms with E-state index in [1.54, 1.807) is 0 Å². The fourth-order valence-electron chi connectivity index (χ4n) is 0. The van der Waals surface area contributed by atoms with E-state index < -0.39 is 23.9 Å². The van der Waals surface area contributed by atoms with Gasteiger partial charge in [-0.3, -0.25) is 0 Å². The maximum Gasteiger partial charge on any atom is 2.00 e. The summed E-state index contributed by atoms with van der Waals surface area (Å²) in [6.07, 6.45) is 0. The van der Waals surface area contributed by atoms with Gasteiger partial charge < -0.3 is 61.5 Å². The quantitative estimate of drug-likeness (QED) is 0.374. The first-order valence-electron chi connectivity index (χ1n) is 3.63. The van der Waals surface area contributed by atoms with Gasteiger partial charge in [0.1, 0.15) is 0 Å². The van der Waals surface area contributed by atoms with Crippen LogP contribution in [0, 0.1) is 0 Å². The van der Waals surface area contributed by atoms with Crippen molar-refractivity contribution in [2.75, 3.05) is 0 Å². The molecular weight excluding hydrogens is 337 g/mol. The maximum atomic E-state index is 8.89. The van der Waals surface area contributed by atoms with Crippen LogP contribution in [0.2, 0.25) is 0 Å². The number of carbonyl (C=O) groups is 4. The molecule has 0 rings (SSSR count). The number of aliphatic carboxylic acids is 4. The molecule has 128 valence electrons. The molecule has 0 aliphatic rings. The van der Waals surface area contributed by atoms with Gasteiger partial charge in [-0.1, -0.05) is 0 Å². The fourth-order valence-corrected chi connectivity index (χ4v) is 0. The molecule has 0 aromatic carbocycles. The van der Waals surface area contributed by atoms with Gasteiger partial charge >= 0.3 is 46.1 Å². The van der Waals surface area contributed by atoms with Gasteiger partial charge in [-0.25, -0.2) is 0 Å². The second kappa shape index (κ2) is 59.3. The molecular formula is C8H20Mg2O12. The summed E-state index contributed by atoms with van der Waals surface area (Å²) in [7, 11) is 0. The van der Waals surface area contributed by atoms with E-state index in [1.807, 2.05) is 0 Å². The average Bonchev–Trinajstić information content (AvgIpc) is 1.76. The van der Waals surface area contributed by atoms with Crippen LogP contribution in [0.4, 0.5) is 0 Å². The predicted octanol–water partition coefficient (Wildman–Crippen LogP) is -9.04. The molecule has 0 amide bonds. The summed E-state index contributed by atoms with van der Waals surface area (Å²) in [5, 5.41) is 35.6. The smallest absolute Gasteiger partial charge is 0.550 e. The third kappa shape index (κ3) is 11500. The zero-order valence-electron chi connectivity index (χ0n) is 12.7. The molecule has 12 nitrogen and oxygen atoms in total. The molecule has 0 saturated carbocycles. The van der Waals surface area contributed by atoms with E-state index in [-0.39, 0.29) is 68.0 Å². The second-order valence-corrected chi connectivity index (χ2v) is 1.97. The molecule has 0 aliphatic carbocycles. The normalized spacial score (nSPS) is 4.55. The van der Waals surface area contributed by atoms with Crippen molar-refractivity contribution < 1.29 is 61.5 Å². The van der Waals surface area contributed by atoms with Crippen LogP contribution < -0.4 is 20.4 Å². The molecule has 0 atom stereocenters. The van der Waals surface area contributed by atoms with Crippen LogP contribution in [0.25, 0.3) is 0 Å². The van der Waals surface area contributed by atoms with E-state index in [0.29, 0.717) is 0 Å². The van der Waals surface area contributed by atoms with Crippen LogP contribution >= 0.6 is 0 Å². The Morgan fingerprint density at radius 1 is 0.455 bits per heavy atom. The van der Waals surface area contributed by atoms with Crippen LogP contribution in [0.3, 0.4) is 0 Å². The second-order valence-electron chi connectivity index (χ2n) is 1.97. The Balaban J connectivity index is -0.00000001000. The van der Waals surface area contributed by atoms with Crippen LogP contribution in [0.1, 0.15) is 27.7 Å². The SMILES string of the molecule is CC(=O)[O-].CC(=O)[O-].CC(=O)[O-].CC(=O)[O-].O.O.O.O.[Mg+2].[Mg+2]. The summed E-state index contributed by atoms with van der Waals surface area (Å²) in [6.45, 7) is 3.89. The zero-order valence-corrected chi connectivity index (χ0v) is 15.5. The van der Waals surface area contributed by atoms with E-state index in [9.17, 15) is 0 Å². The van der Waals surface area contributed by atoms with E-state index in [0.717, 1.165) is 27.7 Å². The van der Waals surface area contributed by atoms with Crippen molar-refractivity contribution in [1.29, 1.82) is 0 Å². The summed E-state index contributed by atoms with van der Waals surface area (Å²) < 4.78 is 0. The molecule has 0 aromatic heterocycles. The van der Waals surface area contributed by atoms with Crippen LogP contribution in [-0.4, -0.2) is 91.9 Å². The van der Waals surface area contributed by atoms with E-state index >= 15 is 0 Å². The number of hydrogen-bond donors (Lipinski definition) is 0. The number of hydrogen-bond acceptors (Lipinski definition) is 8. The van der Waals surface area contributed by atoms with Crippen LogP contribution in [-0.2, 0) is 19.2 Å². The average molecular weight is 357 g/mol. The number of carboxylic acid groups (broad SMARTS) is 4. The molecule has 0 heterocycles. The molecule has 8 N–H and O–H groups in total. The molecule has 0 bridgehead atoms. The van der Waals surface area contributed by atoms with Crippen molar-refractivity contribution in [3.63, 3.8) is 0 Å². The van der Waals surface area contributed by atoms with Gasteiger partial charge in [0.25, 0.3) is 0 Å². The zero-order chi connectivity index (χ0) is 14.3. The maximum absolute atomic E-state index is 8.89. The fraction of sp³-hybridized carbons (Fsp3) is 0.500. The van der Waals surface area contributed by atoms with Crippen molar-refractivity contribution in [2.24, 2.45) is 0 Å². The third-order valence-electron chi connectivity index (χ3n) is 0. The molecule has 0 aromatic rings. The van der Waals surface area contributed by atoms with Gasteiger partial charge in [0.05, 0.1) is 0 Å². The Morgan fingerprint density at radius 3 is 0.455 bits per heavy atom. The summed E-state index contributed by atoms with van der Waals surface area (Å²) in [5.41, 5.74) is 0. The number of carboxylic acids is 4. The van der Waals surface area contributed by atoms with Gasteiger partial charge in [-0.05, 0) is 27.7 Å². The van der Waals surface area contributed by atoms with E-state index in [1.165, 1.54) is 0 Å². The Morgan fingerprint density at radius 2 is 0.455 bits per heavy atom. The molecule has 0 unspecified atom stereocenters. The van der Waals surface area contributed by atoms with Crippen molar-refractivity contribution in [3.8, 4) is 0 Å². The third-order valence-corrected chi connectivity index (χ3v) is 0. The first kappa shape index (κ1) is 68.8. The molecule has 0 aliphatic heterocycles. The predicted molar refractivity (Wildman–Crippen MR) is 68.7 cm³/mol. The van der Waals surface area contributed by atoms with E-state index in [4.69, 9.17) is 39.6 Å². The summed E-state index contributed by atoms with van der Waals surface area (Å²) in [6, 6.07) is 0. The molecule has 22 heavy (non-hydrogen) atoms. The number of rotatable bonds is 0. The van der Waals surface area contributed by atoms with Gasteiger partial charge in [-0.2, -0.15) is 0 Å². The van der Waals surface area contributed by atoms with Gasteiger partial charge in [-0.15, -0.1) is 0 Å². The Hall–Kier alpha value is -0.748. The minimum Gasteiger partial charge on any atom is -0.550 e. The van der Waals surface area contributed by atoms with Gasteiger partial charge in [0, 0.05) is 23.9 Å². The minimum absolute atomic E-state index is 0.